The third-order valence-electron chi connectivity index (χ3n) is 3.36. The van der Waals surface area contributed by atoms with Crippen molar-refractivity contribution in [1.29, 1.82) is 0 Å². The van der Waals surface area contributed by atoms with E-state index < -0.39 is 8.32 Å². The fourth-order valence-corrected chi connectivity index (χ4v) is 2.26. The Kier molecular flexibility index (Phi) is 3.97. The predicted molar refractivity (Wildman–Crippen MR) is 75.9 cm³/mol. The standard InChI is InChI=1S/C14H19NO2Si/c1-14(2,3)18(5,6)17-13-8-11(10-16)7-12(9-13)15-4/h7-10H,1-3,5-6H3. The maximum absolute atomic E-state index is 10.8. The van der Waals surface area contributed by atoms with Crippen LogP contribution in [0, 0.1) is 6.57 Å². The molecule has 18 heavy (non-hydrogen) atoms. The first kappa shape index (κ1) is 14.5. The van der Waals surface area contributed by atoms with Crippen LogP contribution in [0.15, 0.2) is 18.2 Å². The summed E-state index contributed by atoms with van der Waals surface area (Å²) in [4.78, 5) is 14.2. The predicted octanol–water partition coefficient (Wildman–Crippen LogP) is 4.43. The van der Waals surface area contributed by atoms with E-state index in [-0.39, 0.29) is 5.04 Å². The van der Waals surface area contributed by atoms with Gasteiger partial charge in [0.2, 0.25) is 8.32 Å². The monoisotopic (exact) mass is 261 g/mol. The van der Waals surface area contributed by atoms with Gasteiger partial charge in [-0.1, -0.05) is 20.8 Å². The first-order valence-electron chi connectivity index (χ1n) is 5.86. The van der Waals surface area contributed by atoms with Gasteiger partial charge >= 0.3 is 0 Å². The van der Waals surface area contributed by atoms with E-state index in [1.54, 1.807) is 18.2 Å². The number of carbonyl (C=O) groups excluding carboxylic acids is 1. The van der Waals surface area contributed by atoms with E-state index >= 15 is 0 Å². The van der Waals surface area contributed by atoms with Crippen molar-refractivity contribution in [3.05, 3.63) is 35.2 Å². The Morgan fingerprint density at radius 2 is 1.89 bits per heavy atom. The van der Waals surface area contributed by atoms with Crippen molar-refractivity contribution >= 4 is 20.3 Å². The normalized spacial score (nSPS) is 11.8. The molecule has 0 unspecified atom stereocenters. The van der Waals surface area contributed by atoms with Crippen LogP contribution in [0.3, 0.4) is 0 Å². The quantitative estimate of drug-likeness (QED) is 0.457. The summed E-state index contributed by atoms with van der Waals surface area (Å²) < 4.78 is 6.09. The van der Waals surface area contributed by atoms with Gasteiger partial charge in [-0.25, -0.2) is 4.85 Å². The lowest BCUT2D eigenvalue weighted by Gasteiger charge is -2.36. The van der Waals surface area contributed by atoms with E-state index in [9.17, 15) is 4.79 Å². The van der Waals surface area contributed by atoms with Gasteiger partial charge in [-0.2, -0.15) is 0 Å². The van der Waals surface area contributed by atoms with E-state index in [0.717, 1.165) is 6.29 Å². The average Bonchev–Trinajstić information content (AvgIpc) is 2.26. The van der Waals surface area contributed by atoms with E-state index in [1.807, 2.05) is 0 Å². The summed E-state index contributed by atoms with van der Waals surface area (Å²) in [6.07, 6.45) is 0.743. The van der Waals surface area contributed by atoms with Crippen molar-refractivity contribution in [2.45, 2.75) is 38.9 Å². The van der Waals surface area contributed by atoms with Crippen molar-refractivity contribution < 1.29 is 9.22 Å². The second-order valence-corrected chi connectivity index (χ2v) is 10.6. The zero-order chi connectivity index (χ0) is 14.0. The first-order valence-corrected chi connectivity index (χ1v) is 8.77. The van der Waals surface area contributed by atoms with Crippen LogP contribution in [0.2, 0.25) is 18.1 Å². The van der Waals surface area contributed by atoms with Crippen molar-refractivity contribution in [3.63, 3.8) is 0 Å². The lowest BCUT2D eigenvalue weighted by atomic mass is 10.2. The fourth-order valence-electron chi connectivity index (χ4n) is 1.25. The molecule has 0 heterocycles. The van der Waals surface area contributed by atoms with Gasteiger partial charge in [-0.15, -0.1) is 0 Å². The smallest absolute Gasteiger partial charge is 0.250 e. The van der Waals surface area contributed by atoms with Gasteiger partial charge < -0.3 is 4.43 Å². The molecule has 4 heteroatoms. The number of nitrogens with zero attached hydrogens (tertiary/aromatic N) is 1. The van der Waals surface area contributed by atoms with Crippen molar-refractivity contribution in [3.8, 4) is 5.75 Å². The highest BCUT2D eigenvalue weighted by atomic mass is 28.4. The Balaban J connectivity index is 3.12. The fraction of sp³-hybridized carbons (Fsp3) is 0.429. The minimum Gasteiger partial charge on any atom is -0.544 e. The maximum Gasteiger partial charge on any atom is 0.250 e. The zero-order valence-corrected chi connectivity index (χ0v) is 12.6. The largest absolute Gasteiger partial charge is 0.544 e. The Morgan fingerprint density at radius 1 is 1.28 bits per heavy atom. The average molecular weight is 261 g/mol. The Bertz CT molecular complexity index is 495. The highest BCUT2D eigenvalue weighted by Crippen LogP contribution is 2.38. The first-order chi connectivity index (χ1) is 8.19. The molecule has 96 valence electrons. The molecule has 0 radical (unpaired) electrons. The molecule has 0 aliphatic heterocycles. The van der Waals surface area contributed by atoms with Crippen LogP contribution in [-0.4, -0.2) is 14.6 Å². The van der Waals surface area contributed by atoms with Crippen LogP contribution in [0.1, 0.15) is 31.1 Å². The summed E-state index contributed by atoms with van der Waals surface area (Å²) >= 11 is 0. The molecular formula is C14H19NO2Si. The summed E-state index contributed by atoms with van der Waals surface area (Å²) in [5.41, 5.74) is 0.922. The zero-order valence-electron chi connectivity index (χ0n) is 11.6. The molecule has 1 aromatic rings. The molecule has 0 fully saturated rings. The number of hydrogen-bond acceptors (Lipinski definition) is 2. The van der Waals surface area contributed by atoms with E-state index in [0.29, 0.717) is 17.0 Å². The Labute approximate surface area is 110 Å². The SMILES string of the molecule is [C-]#[N+]c1cc(C=O)cc(O[Si](C)(C)C(C)(C)C)c1. The molecule has 0 amide bonds. The minimum absolute atomic E-state index is 0.0858. The second kappa shape index (κ2) is 4.95. The van der Waals surface area contributed by atoms with Crippen LogP contribution >= 0.6 is 0 Å². The van der Waals surface area contributed by atoms with Crippen molar-refractivity contribution in [2.75, 3.05) is 0 Å². The number of hydrogen-bond donors (Lipinski definition) is 0. The molecule has 3 nitrogen and oxygen atoms in total. The summed E-state index contributed by atoms with van der Waals surface area (Å²) in [7, 11) is -1.94. The van der Waals surface area contributed by atoms with Gasteiger partial charge in [-0.05, 0) is 36.3 Å². The van der Waals surface area contributed by atoms with Crippen LogP contribution < -0.4 is 4.43 Å². The number of benzene rings is 1. The number of carbonyl (C=O) groups is 1. The molecule has 0 bridgehead atoms. The van der Waals surface area contributed by atoms with Gasteiger partial charge in [-0.3, -0.25) is 4.79 Å². The Morgan fingerprint density at radius 3 is 2.33 bits per heavy atom. The van der Waals surface area contributed by atoms with E-state index in [1.165, 1.54) is 0 Å². The third-order valence-corrected chi connectivity index (χ3v) is 7.72. The third kappa shape index (κ3) is 3.20. The van der Waals surface area contributed by atoms with Gasteiger partial charge in [0, 0.05) is 5.56 Å². The molecule has 0 N–H and O–H groups in total. The lowest BCUT2D eigenvalue weighted by molar-refractivity contribution is 0.112. The minimum atomic E-state index is -1.94. The molecule has 0 atom stereocenters. The molecular weight excluding hydrogens is 242 g/mol. The molecule has 0 aliphatic carbocycles. The molecule has 0 aliphatic rings. The van der Waals surface area contributed by atoms with Gasteiger partial charge in [0.15, 0.2) is 5.69 Å². The number of aldehydes is 1. The molecule has 0 spiro atoms. The molecule has 1 aromatic carbocycles. The van der Waals surface area contributed by atoms with Gasteiger partial charge in [0.1, 0.15) is 6.29 Å². The summed E-state index contributed by atoms with van der Waals surface area (Å²) in [6, 6.07) is 4.96. The topological polar surface area (TPSA) is 30.7 Å². The van der Waals surface area contributed by atoms with E-state index in [4.69, 9.17) is 11.0 Å². The molecule has 0 aromatic heterocycles. The van der Waals surface area contributed by atoms with Crippen molar-refractivity contribution in [2.24, 2.45) is 0 Å². The Hall–Kier alpha value is -1.60. The van der Waals surface area contributed by atoms with Gasteiger partial charge in [0.05, 0.1) is 12.3 Å². The van der Waals surface area contributed by atoms with Crippen LogP contribution in [0.5, 0.6) is 5.75 Å². The second-order valence-electron chi connectivity index (χ2n) is 5.85. The highest BCUT2D eigenvalue weighted by molar-refractivity contribution is 6.74. The maximum atomic E-state index is 10.8. The van der Waals surface area contributed by atoms with Crippen LogP contribution in [0.4, 0.5) is 5.69 Å². The molecule has 0 saturated heterocycles. The van der Waals surface area contributed by atoms with Crippen LogP contribution in [-0.2, 0) is 0 Å². The highest BCUT2D eigenvalue weighted by Gasteiger charge is 2.38. The summed E-state index contributed by atoms with van der Waals surface area (Å²) in [6.45, 7) is 17.8. The van der Waals surface area contributed by atoms with Gasteiger partial charge in [0.25, 0.3) is 0 Å². The molecule has 1 rings (SSSR count). The van der Waals surface area contributed by atoms with E-state index in [2.05, 4.69) is 38.7 Å². The summed E-state index contributed by atoms with van der Waals surface area (Å²) in [5.74, 6) is 0.622. The summed E-state index contributed by atoms with van der Waals surface area (Å²) in [5, 5.41) is 0.0858. The molecule has 0 saturated carbocycles. The number of rotatable bonds is 3. The van der Waals surface area contributed by atoms with Crippen LogP contribution in [0.25, 0.3) is 4.85 Å². The van der Waals surface area contributed by atoms with Crippen molar-refractivity contribution in [1.82, 2.24) is 0 Å². The lowest BCUT2D eigenvalue weighted by Crippen LogP contribution is -2.43.